The molecule has 0 radical (unpaired) electrons. The van der Waals surface area contributed by atoms with E-state index < -0.39 is 0 Å². The molecule has 0 aliphatic carbocycles. The highest BCUT2D eigenvalue weighted by Crippen LogP contribution is 2.31. The Morgan fingerprint density at radius 3 is 2.88 bits per heavy atom. The highest BCUT2D eigenvalue weighted by atomic mass is 32.1. The van der Waals surface area contributed by atoms with Crippen LogP contribution in [0, 0.1) is 0 Å². The van der Waals surface area contributed by atoms with Crippen LogP contribution in [0.15, 0.2) is 23.6 Å². The normalized spacial score (nSPS) is 16.7. The monoisotopic (exact) mass is 371 g/mol. The lowest BCUT2D eigenvalue weighted by atomic mass is 10.0. The van der Waals surface area contributed by atoms with Gasteiger partial charge in [-0.15, -0.1) is 11.3 Å². The summed E-state index contributed by atoms with van der Waals surface area (Å²) in [6.45, 7) is 1.45. The number of carbonyl (C=O) groups is 2. The van der Waals surface area contributed by atoms with Crippen LogP contribution in [-0.2, 0) is 22.4 Å². The Hall–Kier alpha value is -2.41. The Balaban J connectivity index is 1.49. The van der Waals surface area contributed by atoms with Crippen molar-refractivity contribution in [1.82, 2.24) is 4.98 Å². The minimum Gasteiger partial charge on any atom is -0.497 e. The first kappa shape index (κ1) is 17.0. The van der Waals surface area contributed by atoms with E-state index in [-0.39, 0.29) is 18.2 Å². The van der Waals surface area contributed by atoms with Crippen LogP contribution in [0.5, 0.6) is 5.75 Å². The number of ether oxygens (including phenoxy) is 1. The smallest absolute Gasteiger partial charge is 0.233 e. The minimum atomic E-state index is 0.0423. The van der Waals surface area contributed by atoms with E-state index in [1.54, 1.807) is 12.0 Å². The van der Waals surface area contributed by atoms with Gasteiger partial charge in [-0.05, 0) is 43.0 Å². The van der Waals surface area contributed by atoms with E-state index in [0.29, 0.717) is 11.6 Å². The molecule has 0 bridgehead atoms. The molecule has 136 valence electrons. The van der Waals surface area contributed by atoms with E-state index in [4.69, 9.17) is 4.74 Å². The van der Waals surface area contributed by atoms with Crippen molar-refractivity contribution in [1.29, 1.82) is 0 Å². The standard InChI is InChI=1S/C19H21N3O3S/c1-25-15-6-7-16-13(10-15)4-2-8-21(16)18(24)11-14-12-26-19(20-14)22-9-3-5-17(22)23/h6-7,10,12H,2-5,8-9,11H2,1H3. The number of aromatic nitrogens is 1. The molecule has 0 saturated carbocycles. The highest BCUT2D eigenvalue weighted by molar-refractivity contribution is 7.14. The second-order valence-corrected chi connectivity index (χ2v) is 7.43. The van der Waals surface area contributed by atoms with E-state index >= 15 is 0 Å². The maximum atomic E-state index is 12.9. The fourth-order valence-electron chi connectivity index (χ4n) is 3.56. The molecule has 1 aromatic heterocycles. The van der Waals surface area contributed by atoms with Crippen molar-refractivity contribution in [2.75, 3.05) is 30.0 Å². The first-order chi connectivity index (χ1) is 12.7. The van der Waals surface area contributed by atoms with Gasteiger partial charge in [-0.1, -0.05) is 0 Å². The molecule has 1 fully saturated rings. The van der Waals surface area contributed by atoms with Crippen molar-refractivity contribution in [3.8, 4) is 5.75 Å². The molecule has 1 saturated heterocycles. The van der Waals surface area contributed by atoms with Crippen LogP contribution in [0.1, 0.15) is 30.5 Å². The maximum absolute atomic E-state index is 12.9. The van der Waals surface area contributed by atoms with Gasteiger partial charge in [0.2, 0.25) is 11.8 Å². The molecular weight excluding hydrogens is 350 g/mol. The number of amides is 2. The Labute approximate surface area is 156 Å². The third-order valence-electron chi connectivity index (χ3n) is 4.88. The summed E-state index contributed by atoms with van der Waals surface area (Å²) in [5.74, 6) is 0.981. The van der Waals surface area contributed by atoms with Crippen LogP contribution in [-0.4, -0.2) is 37.0 Å². The predicted molar refractivity (Wildman–Crippen MR) is 101 cm³/mol. The highest BCUT2D eigenvalue weighted by Gasteiger charge is 2.26. The maximum Gasteiger partial charge on any atom is 0.233 e. The van der Waals surface area contributed by atoms with Gasteiger partial charge in [-0.25, -0.2) is 4.98 Å². The molecule has 6 nitrogen and oxygen atoms in total. The lowest BCUT2D eigenvalue weighted by molar-refractivity contribution is -0.118. The molecule has 3 heterocycles. The Morgan fingerprint density at radius 2 is 2.12 bits per heavy atom. The number of benzene rings is 1. The van der Waals surface area contributed by atoms with E-state index in [1.165, 1.54) is 11.3 Å². The minimum absolute atomic E-state index is 0.0423. The fourth-order valence-corrected chi connectivity index (χ4v) is 4.43. The van der Waals surface area contributed by atoms with Crippen LogP contribution in [0.4, 0.5) is 10.8 Å². The SMILES string of the molecule is COc1ccc2c(c1)CCCN2C(=O)Cc1csc(N2CCCC2=O)n1. The van der Waals surface area contributed by atoms with Crippen molar-refractivity contribution >= 4 is 34.0 Å². The van der Waals surface area contributed by atoms with Gasteiger partial charge in [0.05, 0.1) is 19.2 Å². The number of hydrogen-bond acceptors (Lipinski definition) is 5. The van der Waals surface area contributed by atoms with Gasteiger partial charge in [0.1, 0.15) is 5.75 Å². The van der Waals surface area contributed by atoms with Crippen molar-refractivity contribution in [2.24, 2.45) is 0 Å². The van der Waals surface area contributed by atoms with Gasteiger partial charge in [-0.2, -0.15) is 0 Å². The summed E-state index contributed by atoms with van der Waals surface area (Å²) in [6, 6.07) is 5.86. The molecule has 1 aromatic carbocycles. The van der Waals surface area contributed by atoms with Crippen molar-refractivity contribution in [2.45, 2.75) is 32.1 Å². The Kier molecular flexibility index (Phi) is 4.63. The van der Waals surface area contributed by atoms with Gasteiger partial charge in [-0.3, -0.25) is 14.5 Å². The summed E-state index contributed by atoms with van der Waals surface area (Å²) in [5.41, 5.74) is 2.84. The van der Waals surface area contributed by atoms with E-state index in [2.05, 4.69) is 4.98 Å². The zero-order valence-electron chi connectivity index (χ0n) is 14.7. The van der Waals surface area contributed by atoms with E-state index in [1.807, 2.05) is 28.5 Å². The number of aryl methyl sites for hydroxylation is 1. The molecule has 2 amide bonds. The largest absolute Gasteiger partial charge is 0.497 e. The summed E-state index contributed by atoms with van der Waals surface area (Å²) in [7, 11) is 1.65. The molecule has 2 aromatic rings. The third kappa shape index (κ3) is 3.19. The lowest BCUT2D eigenvalue weighted by Gasteiger charge is -2.29. The predicted octanol–water partition coefficient (Wildman–Crippen LogP) is 2.80. The average molecular weight is 371 g/mol. The summed E-state index contributed by atoms with van der Waals surface area (Å²) in [5, 5.41) is 2.59. The van der Waals surface area contributed by atoms with E-state index in [9.17, 15) is 9.59 Å². The second-order valence-electron chi connectivity index (χ2n) is 6.59. The molecule has 0 N–H and O–H groups in total. The Bertz CT molecular complexity index is 848. The molecule has 0 spiro atoms. The number of thiazole rings is 1. The van der Waals surface area contributed by atoms with Crippen molar-refractivity contribution < 1.29 is 14.3 Å². The number of methoxy groups -OCH3 is 1. The van der Waals surface area contributed by atoms with Crippen LogP contribution >= 0.6 is 11.3 Å². The van der Waals surface area contributed by atoms with Crippen LogP contribution in [0.2, 0.25) is 0 Å². The van der Waals surface area contributed by atoms with Gasteiger partial charge < -0.3 is 9.64 Å². The van der Waals surface area contributed by atoms with Crippen LogP contribution in [0.3, 0.4) is 0 Å². The Morgan fingerprint density at radius 1 is 1.27 bits per heavy atom. The van der Waals surface area contributed by atoms with Gasteiger partial charge >= 0.3 is 0 Å². The number of hydrogen-bond donors (Lipinski definition) is 0. The summed E-state index contributed by atoms with van der Waals surface area (Å²) in [6.07, 6.45) is 3.61. The van der Waals surface area contributed by atoms with E-state index in [0.717, 1.165) is 55.0 Å². The summed E-state index contributed by atoms with van der Waals surface area (Å²) >= 11 is 1.44. The number of fused-ring (bicyclic) bond motifs is 1. The number of carbonyl (C=O) groups excluding carboxylic acids is 2. The van der Waals surface area contributed by atoms with Gasteiger partial charge in [0.25, 0.3) is 0 Å². The van der Waals surface area contributed by atoms with Gasteiger partial charge in [0, 0.05) is 30.6 Å². The first-order valence-corrected chi connectivity index (χ1v) is 9.76. The quantitative estimate of drug-likeness (QED) is 0.829. The number of nitrogens with zero attached hydrogens (tertiary/aromatic N) is 3. The molecule has 7 heteroatoms. The average Bonchev–Trinajstić information content (AvgIpc) is 3.29. The zero-order valence-corrected chi connectivity index (χ0v) is 15.6. The van der Waals surface area contributed by atoms with Crippen LogP contribution in [0.25, 0.3) is 0 Å². The molecule has 2 aliphatic heterocycles. The summed E-state index contributed by atoms with van der Waals surface area (Å²) in [4.78, 5) is 32.8. The lowest BCUT2D eigenvalue weighted by Crippen LogP contribution is -2.36. The molecular formula is C19H21N3O3S. The number of rotatable bonds is 4. The molecule has 4 rings (SSSR count). The number of anilines is 2. The third-order valence-corrected chi connectivity index (χ3v) is 5.80. The zero-order chi connectivity index (χ0) is 18.1. The molecule has 26 heavy (non-hydrogen) atoms. The second kappa shape index (κ2) is 7.07. The van der Waals surface area contributed by atoms with Crippen molar-refractivity contribution in [3.63, 3.8) is 0 Å². The molecule has 0 unspecified atom stereocenters. The summed E-state index contributed by atoms with van der Waals surface area (Å²) < 4.78 is 5.29. The van der Waals surface area contributed by atoms with Crippen LogP contribution < -0.4 is 14.5 Å². The fraction of sp³-hybridized carbons (Fsp3) is 0.421. The molecule has 0 atom stereocenters. The first-order valence-electron chi connectivity index (χ1n) is 8.88. The van der Waals surface area contributed by atoms with Gasteiger partial charge in [0.15, 0.2) is 5.13 Å². The molecule has 2 aliphatic rings. The van der Waals surface area contributed by atoms with Crippen molar-refractivity contribution in [3.05, 3.63) is 34.8 Å². The topological polar surface area (TPSA) is 62.7 Å².